The normalized spacial score (nSPS) is 20.6. The second-order valence-electron chi connectivity index (χ2n) is 6.81. The van der Waals surface area contributed by atoms with Crippen LogP contribution in [0.1, 0.15) is 43.5 Å². The summed E-state index contributed by atoms with van der Waals surface area (Å²) < 4.78 is 2.18. The third kappa shape index (κ3) is 3.85. The first-order chi connectivity index (χ1) is 12.1. The molecule has 0 radical (unpaired) electrons. The Bertz CT molecular complexity index is 789. The largest absolute Gasteiger partial charge is 0.353 e. The molecule has 4 nitrogen and oxygen atoms in total. The topological polar surface area (TPSA) is 44.0 Å². The van der Waals surface area contributed by atoms with E-state index in [9.17, 15) is 5.26 Å². The fourth-order valence-corrected chi connectivity index (χ4v) is 3.83. The number of nitrogens with zero attached hydrogens (tertiary/aromatic N) is 3. The lowest BCUT2D eigenvalue weighted by Crippen LogP contribution is -2.38. The molecule has 25 heavy (non-hydrogen) atoms. The summed E-state index contributed by atoms with van der Waals surface area (Å²) in [4.78, 5) is 2.29. The van der Waals surface area contributed by atoms with Gasteiger partial charge in [0.05, 0.1) is 17.3 Å². The van der Waals surface area contributed by atoms with Crippen LogP contribution in [0, 0.1) is 17.2 Å². The summed E-state index contributed by atoms with van der Waals surface area (Å²) in [6, 6.07) is 14.3. The molecule has 5 heteroatoms. The van der Waals surface area contributed by atoms with Gasteiger partial charge < -0.3 is 14.8 Å². The van der Waals surface area contributed by atoms with Crippen molar-refractivity contribution >= 4 is 23.0 Å². The van der Waals surface area contributed by atoms with Gasteiger partial charge in [0, 0.05) is 25.5 Å². The van der Waals surface area contributed by atoms with E-state index in [1.54, 1.807) is 0 Å². The van der Waals surface area contributed by atoms with E-state index in [0.29, 0.717) is 16.6 Å². The van der Waals surface area contributed by atoms with E-state index in [0.717, 1.165) is 25.1 Å². The molecule has 1 aliphatic heterocycles. The van der Waals surface area contributed by atoms with Crippen molar-refractivity contribution in [3.05, 3.63) is 53.9 Å². The molecule has 1 N–H and O–H groups in total. The molecule has 1 aliphatic rings. The number of anilines is 1. The Hall–Kier alpha value is -2.32. The van der Waals surface area contributed by atoms with Gasteiger partial charge in [-0.25, -0.2) is 0 Å². The molecule has 0 spiro atoms. The molecule has 0 amide bonds. The van der Waals surface area contributed by atoms with Gasteiger partial charge in [-0.15, -0.1) is 0 Å². The van der Waals surface area contributed by atoms with Gasteiger partial charge in [0.2, 0.25) is 0 Å². The molecule has 1 saturated heterocycles. The van der Waals surface area contributed by atoms with Crippen molar-refractivity contribution in [1.82, 2.24) is 9.47 Å². The van der Waals surface area contributed by atoms with Crippen LogP contribution in [-0.4, -0.2) is 21.1 Å². The monoisotopic (exact) mass is 352 g/mol. The molecular weight excluding hydrogens is 328 g/mol. The lowest BCUT2D eigenvalue weighted by atomic mass is 10.0. The quantitative estimate of drug-likeness (QED) is 0.811. The van der Waals surface area contributed by atoms with E-state index < -0.39 is 0 Å². The third-order valence-electron chi connectivity index (χ3n) is 5.05. The fourth-order valence-electron chi connectivity index (χ4n) is 3.51. The van der Waals surface area contributed by atoms with E-state index in [1.807, 2.05) is 24.3 Å². The zero-order valence-electron chi connectivity index (χ0n) is 14.8. The molecule has 0 aliphatic carbocycles. The van der Waals surface area contributed by atoms with Crippen LogP contribution in [-0.2, 0) is 7.05 Å². The van der Waals surface area contributed by atoms with Gasteiger partial charge in [0.15, 0.2) is 5.11 Å². The number of thiocarbonyl (C=S) groups is 1. The first kappa shape index (κ1) is 17.5. The van der Waals surface area contributed by atoms with Crippen LogP contribution in [0.5, 0.6) is 0 Å². The summed E-state index contributed by atoms with van der Waals surface area (Å²) >= 11 is 5.75. The number of nitrogens with one attached hydrogen (secondary N) is 1. The number of aryl methyl sites for hydroxylation is 1. The summed E-state index contributed by atoms with van der Waals surface area (Å²) in [6.45, 7) is 3.24. The highest BCUT2D eigenvalue weighted by Gasteiger charge is 2.28. The van der Waals surface area contributed by atoms with Gasteiger partial charge >= 0.3 is 0 Å². The first-order valence-corrected chi connectivity index (χ1v) is 9.19. The molecule has 130 valence electrons. The molecule has 3 rings (SSSR count). The molecule has 1 aromatic heterocycles. The highest BCUT2D eigenvalue weighted by atomic mass is 32.1. The van der Waals surface area contributed by atoms with Gasteiger partial charge in [0.25, 0.3) is 0 Å². The number of nitriles is 1. The van der Waals surface area contributed by atoms with E-state index in [1.165, 1.54) is 12.1 Å². The number of aromatic nitrogens is 1. The van der Waals surface area contributed by atoms with Crippen molar-refractivity contribution in [2.24, 2.45) is 13.0 Å². The highest BCUT2D eigenvalue weighted by molar-refractivity contribution is 7.80. The highest BCUT2D eigenvalue weighted by Crippen LogP contribution is 2.33. The van der Waals surface area contributed by atoms with Crippen LogP contribution in [0.25, 0.3) is 0 Å². The van der Waals surface area contributed by atoms with Crippen molar-refractivity contribution in [2.45, 2.75) is 32.2 Å². The SMILES string of the molecule is C[C@H]1CC[C@H](c2cccn2C)N(C(=S)Nc2ccccc2C#N)CC1. The van der Waals surface area contributed by atoms with E-state index in [-0.39, 0.29) is 6.04 Å². The number of benzene rings is 1. The lowest BCUT2D eigenvalue weighted by Gasteiger charge is -2.33. The van der Waals surface area contributed by atoms with Crippen molar-refractivity contribution in [3.63, 3.8) is 0 Å². The van der Waals surface area contributed by atoms with Crippen LogP contribution in [0.3, 0.4) is 0 Å². The van der Waals surface area contributed by atoms with Crippen LogP contribution in [0.15, 0.2) is 42.6 Å². The number of para-hydroxylation sites is 1. The molecule has 0 saturated carbocycles. The van der Waals surface area contributed by atoms with Crippen molar-refractivity contribution in [2.75, 3.05) is 11.9 Å². The first-order valence-electron chi connectivity index (χ1n) is 8.78. The molecule has 1 aromatic carbocycles. The van der Waals surface area contributed by atoms with Gasteiger partial charge in [-0.2, -0.15) is 5.26 Å². The third-order valence-corrected chi connectivity index (χ3v) is 5.38. The minimum atomic E-state index is 0.263. The van der Waals surface area contributed by atoms with Crippen molar-refractivity contribution < 1.29 is 0 Å². The predicted molar refractivity (Wildman–Crippen MR) is 105 cm³/mol. The molecule has 1 fully saturated rings. The molecular formula is C20H24N4S. The van der Waals surface area contributed by atoms with E-state index >= 15 is 0 Å². The van der Waals surface area contributed by atoms with Gasteiger partial charge in [0.1, 0.15) is 6.07 Å². The summed E-state index contributed by atoms with van der Waals surface area (Å²) in [5.41, 5.74) is 2.67. The van der Waals surface area contributed by atoms with Gasteiger partial charge in [-0.1, -0.05) is 19.1 Å². The lowest BCUT2D eigenvalue weighted by molar-refractivity contribution is 0.314. The number of rotatable bonds is 2. The summed E-state index contributed by atoms with van der Waals surface area (Å²) in [6.07, 6.45) is 5.50. The minimum Gasteiger partial charge on any atom is -0.353 e. The summed E-state index contributed by atoms with van der Waals surface area (Å²) in [7, 11) is 2.09. The number of hydrogen-bond acceptors (Lipinski definition) is 2. The van der Waals surface area contributed by atoms with Crippen molar-refractivity contribution in [3.8, 4) is 6.07 Å². The van der Waals surface area contributed by atoms with Crippen LogP contribution in [0.2, 0.25) is 0 Å². The summed E-state index contributed by atoms with van der Waals surface area (Å²) in [5.74, 6) is 0.696. The fraction of sp³-hybridized carbons (Fsp3) is 0.400. The Morgan fingerprint density at radius 1 is 1.20 bits per heavy atom. The Kier molecular flexibility index (Phi) is 5.40. The zero-order chi connectivity index (χ0) is 17.8. The second kappa shape index (κ2) is 7.71. The number of hydrogen-bond donors (Lipinski definition) is 1. The molecule has 2 heterocycles. The Balaban J connectivity index is 1.87. The van der Waals surface area contributed by atoms with Crippen LogP contribution in [0.4, 0.5) is 5.69 Å². The molecule has 2 aromatic rings. The average Bonchev–Trinajstić information content (AvgIpc) is 2.93. The molecule has 0 unspecified atom stereocenters. The van der Waals surface area contributed by atoms with E-state index in [2.05, 4.69) is 53.2 Å². The zero-order valence-corrected chi connectivity index (χ0v) is 15.6. The summed E-state index contributed by atoms with van der Waals surface area (Å²) in [5, 5.41) is 13.3. The Morgan fingerprint density at radius 3 is 2.72 bits per heavy atom. The minimum absolute atomic E-state index is 0.263. The molecule has 0 bridgehead atoms. The maximum atomic E-state index is 9.31. The maximum absolute atomic E-state index is 9.31. The average molecular weight is 353 g/mol. The van der Waals surface area contributed by atoms with Crippen LogP contribution >= 0.6 is 12.2 Å². The Morgan fingerprint density at radius 2 is 2.00 bits per heavy atom. The van der Waals surface area contributed by atoms with E-state index in [4.69, 9.17) is 12.2 Å². The van der Waals surface area contributed by atoms with Crippen LogP contribution < -0.4 is 5.32 Å². The molecule has 2 atom stereocenters. The van der Waals surface area contributed by atoms with Gasteiger partial charge in [-0.3, -0.25) is 0 Å². The predicted octanol–water partition coefficient (Wildman–Crippen LogP) is 4.46. The van der Waals surface area contributed by atoms with Gasteiger partial charge in [-0.05, 0) is 61.7 Å². The van der Waals surface area contributed by atoms with Crippen molar-refractivity contribution in [1.29, 1.82) is 5.26 Å². The smallest absolute Gasteiger partial charge is 0.174 e. The standard InChI is InChI=1S/C20H24N4S/c1-15-9-10-19(18-8-5-12-23(18)2)24(13-11-15)20(25)22-17-7-4-3-6-16(17)14-21/h3-8,12,15,19H,9-11,13H2,1-2H3,(H,22,25)/t15-,19+/m0/s1. The number of likely N-dealkylation sites (tertiary alicyclic amines) is 1. The second-order valence-corrected chi connectivity index (χ2v) is 7.20. The Labute approximate surface area is 155 Å². The maximum Gasteiger partial charge on any atom is 0.174 e.